The van der Waals surface area contributed by atoms with Gasteiger partial charge in [-0.1, -0.05) is 59.6 Å². The predicted octanol–water partition coefficient (Wildman–Crippen LogP) is 4.36. The van der Waals surface area contributed by atoms with Crippen LogP contribution in [0.3, 0.4) is 0 Å². The SMILES string of the molecule is Cc1ccc(-c2c(C(=O)OCC(=O)Nc3ccc(Cl)cn3)n(C)c(=O)c3ccccc23)cc1. The summed E-state index contributed by atoms with van der Waals surface area (Å²) in [5.74, 6) is -1.07. The summed E-state index contributed by atoms with van der Waals surface area (Å²) in [6.45, 7) is 1.42. The van der Waals surface area contributed by atoms with Crippen molar-refractivity contribution < 1.29 is 14.3 Å². The van der Waals surface area contributed by atoms with Crippen LogP contribution in [0, 0.1) is 6.92 Å². The number of rotatable bonds is 5. The summed E-state index contributed by atoms with van der Waals surface area (Å²) in [7, 11) is 1.51. The van der Waals surface area contributed by atoms with E-state index >= 15 is 0 Å². The zero-order valence-electron chi connectivity index (χ0n) is 18.0. The molecule has 0 unspecified atom stereocenters. The number of carbonyl (C=O) groups is 2. The molecule has 2 aromatic heterocycles. The first kappa shape index (κ1) is 22.2. The van der Waals surface area contributed by atoms with E-state index in [1.807, 2.05) is 31.2 Å². The molecule has 7 nitrogen and oxygen atoms in total. The predicted molar refractivity (Wildman–Crippen MR) is 128 cm³/mol. The Balaban J connectivity index is 1.69. The highest BCUT2D eigenvalue weighted by atomic mass is 35.5. The molecule has 2 heterocycles. The molecular formula is C25H20ClN3O4. The van der Waals surface area contributed by atoms with Gasteiger partial charge in [0.25, 0.3) is 11.5 Å². The standard InChI is InChI=1S/C25H20ClN3O4/c1-15-7-9-16(10-8-15)22-18-5-3-4-6-19(18)24(31)29(2)23(22)25(32)33-14-21(30)28-20-12-11-17(26)13-27-20/h3-13H,14H2,1-2H3,(H,27,28,30). The number of hydrogen-bond donors (Lipinski definition) is 1. The van der Waals surface area contributed by atoms with E-state index < -0.39 is 18.5 Å². The van der Waals surface area contributed by atoms with Crippen molar-refractivity contribution in [1.82, 2.24) is 9.55 Å². The van der Waals surface area contributed by atoms with E-state index in [0.717, 1.165) is 11.1 Å². The molecule has 0 spiro atoms. The highest BCUT2D eigenvalue weighted by Crippen LogP contribution is 2.31. The fraction of sp³-hybridized carbons (Fsp3) is 0.120. The molecule has 2 aromatic carbocycles. The van der Waals surface area contributed by atoms with Gasteiger partial charge in [-0.3, -0.25) is 9.59 Å². The van der Waals surface area contributed by atoms with Crippen LogP contribution in [0.1, 0.15) is 16.1 Å². The van der Waals surface area contributed by atoms with Crippen LogP contribution in [0.4, 0.5) is 5.82 Å². The number of nitrogens with zero attached hydrogens (tertiary/aromatic N) is 2. The lowest BCUT2D eigenvalue weighted by molar-refractivity contribution is -0.119. The van der Waals surface area contributed by atoms with Gasteiger partial charge in [0.2, 0.25) is 0 Å². The highest BCUT2D eigenvalue weighted by Gasteiger charge is 2.23. The molecule has 0 saturated carbocycles. The minimum absolute atomic E-state index is 0.0694. The number of esters is 1. The zero-order valence-corrected chi connectivity index (χ0v) is 18.7. The second kappa shape index (κ2) is 9.26. The number of ether oxygens (including phenoxy) is 1. The molecule has 166 valence electrons. The van der Waals surface area contributed by atoms with Crippen LogP contribution in [0.2, 0.25) is 5.02 Å². The normalized spacial score (nSPS) is 10.8. The monoisotopic (exact) mass is 461 g/mol. The van der Waals surface area contributed by atoms with Crippen molar-refractivity contribution in [3.05, 3.63) is 93.5 Å². The first-order chi connectivity index (χ1) is 15.8. The van der Waals surface area contributed by atoms with Gasteiger partial charge < -0.3 is 14.6 Å². The van der Waals surface area contributed by atoms with Gasteiger partial charge in [-0.2, -0.15) is 0 Å². The third-order valence-corrected chi connectivity index (χ3v) is 5.39. The molecular weight excluding hydrogens is 442 g/mol. The van der Waals surface area contributed by atoms with Crippen molar-refractivity contribution in [2.45, 2.75) is 6.92 Å². The van der Waals surface area contributed by atoms with Crippen molar-refractivity contribution in [3.8, 4) is 11.1 Å². The van der Waals surface area contributed by atoms with Gasteiger partial charge in [-0.25, -0.2) is 9.78 Å². The summed E-state index contributed by atoms with van der Waals surface area (Å²) < 4.78 is 6.55. The van der Waals surface area contributed by atoms with Gasteiger partial charge in [-0.15, -0.1) is 0 Å². The summed E-state index contributed by atoms with van der Waals surface area (Å²) in [5.41, 5.74) is 2.12. The van der Waals surface area contributed by atoms with E-state index in [9.17, 15) is 14.4 Å². The highest BCUT2D eigenvalue weighted by molar-refractivity contribution is 6.30. The van der Waals surface area contributed by atoms with Crippen LogP contribution in [0.25, 0.3) is 21.9 Å². The summed E-state index contributed by atoms with van der Waals surface area (Å²) >= 11 is 5.79. The van der Waals surface area contributed by atoms with Gasteiger partial charge >= 0.3 is 5.97 Å². The topological polar surface area (TPSA) is 90.3 Å². The molecule has 1 amide bonds. The largest absolute Gasteiger partial charge is 0.451 e. The molecule has 0 fully saturated rings. The number of fused-ring (bicyclic) bond motifs is 1. The summed E-state index contributed by atoms with van der Waals surface area (Å²) in [6.07, 6.45) is 1.39. The van der Waals surface area contributed by atoms with Gasteiger partial charge in [-0.05, 0) is 36.1 Å². The maximum absolute atomic E-state index is 13.1. The summed E-state index contributed by atoms with van der Waals surface area (Å²) in [6, 6.07) is 17.8. The number of hydrogen-bond acceptors (Lipinski definition) is 5. The quantitative estimate of drug-likeness (QED) is 0.446. The Bertz CT molecular complexity index is 1410. The Morgan fingerprint density at radius 2 is 1.73 bits per heavy atom. The number of benzene rings is 2. The van der Waals surface area contributed by atoms with Crippen LogP contribution >= 0.6 is 11.6 Å². The fourth-order valence-electron chi connectivity index (χ4n) is 3.54. The first-order valence-electron chi connectivity index (χ1n) is 10.1. The van der Waals surface area contributed by atoms with E-state index in [1.165, 1.54) is 23.9 Å². The van der Waals surface area contributed by atoms with Gasteiger partial charge in [0, 0.05) is 24.2 Å². The molecule has 0 bridgehead atoms. The fourth-order valence-corrected chi connectivity index (χ4v) is 3.66. The third kappa shape index (κ3) is 4.63. The minimum atomic E-state index is -0.782. The maximum Gasteiger partial charge on any atom is 0.356 e. The van der Waals surface area contributed by atoms with Crippen LogP contribution in [-0.2, 0) is 16.6 Å². The molecule has 0 aliphatic heterocycles. The summed E-state index contributed by atoms with van der Waals surface area (Å²) in [5, 5.41) is 4.08. The van der Waals surface area contributed by atoms with E-state index in [1.54, 1.807) is 30.3 Å². The van der Waals surface area contributed by atoms with E-state index in [-0.39, 0.29) is 17.1 Å². The third-order valence-electron chi connectivity index (χ3n) is 5.17. The smallest absolute Gasteiger partial charge is 0.356 e. The molecule has 1 N–H and O–H groups in total. The molecule has 0 saturated heterocycles. The Labute approximate surface area is 194 Å². The van der Waals surface area contributed by atoms with Crippen LogP contribution < -0.4 is 10.9 Å². The van der Waals surface area contributed by atoms with E-state index in [4.69, 9.17) is 16.3 Å². The minimum Gasteiger partial charge on any atom is -0.451 e. The summed E-state index contributed by atoms with van der Waals surface area (Å²) in [4.78, 5) is 42.3. The lowest BCUT2D eigenvalue weighted by Gasteiger charge is -2.17. The van der Waals surface area contributed by atoms with Crippen LogP contribution in [0.5, 0.6) is 0 Å². The number of carbonyl (C=O) groups excluding carboxylic acids is 2. The average Bonchev–Trinajstić information content (AvgIpc) is 2.82. The second-order valence-corrected chi connectivity index (χ2v) is 7.92. The van der Waals surface area contributed by atoms with Crippen LogP contribution in [0.15, 0.2) is 71.7 Å². The second-order valence-electron chi connectivity index (χ2n) is 7.49. The molecule has 0 atom stereocenters. The van der Waals surface area contributed by atoms with Gasteiger partial charge in [0.1, 0.15) is 11.5 Å². The Kier molecular flexibility index (Phi) is 6.24. The van der Waals surface area contributed by atoms with E-state index in [0.29, 0.717) is 21.4 Å². The molecule has 0 aliphatic rings. The first-order valence-corrected chi connectivity index (χ1v) is 10.5. The molecule has 33 heavy (non-hydrogen) atoms. The Hall–Kier alpha value is -3.97. The number of anilines is 1. The van der Waals surface area contributed by atoms with Gasteiger partial charge in [0.15, 0.2) is 6.61 Å². The van der Waals surface area contributed by atoms with Crippen molar-refractivity contribution in [1.29, 1.82) is 0 Å². The molecule has 4 aromatic rings. The van der Waals surface area contributed by atoms with Crippen molar-refractivity contribution in [3.63, 3.8) is 0 Å². The lowest BCUT2D eigenvalue weighted by Crippen LogP contribution is -2.28. The maximum atomic E-state index is 13.1. The molecule has 0 radical (unpaired) electrons. The number of nitrogens with one attached hydrogen (secondary N) is 1. The van der Waals surface area contributed by atoms with Crippen LogP contribution in [-0.4, -0.2) is 28.0 Å². The van der Waals surface area contributed by atoms with Crippen molar-refractivity contribution in [2.75, 3.05) is 11.9 Å². The number of pyridine rings is 2. The zero-order chi connectivity index (χ0) is 23.5. The Morgan fingerprint density at radius 1 is 1.03 bits per heavy atom. The van der Waals surface area contributed by atoms with Crippen molar-refractivity contribution in [2.24, 2.45) is 7.05 Å². The van der Waals surface area contributed by atoms with Gasteiger partial charge in [0.05, 0.1) is 5.02 Å². The number of aryl methyl sites for hydroxylation is 1. The Morgan fingerprint density at radius 3 is 2.39 bits per heavy atom. The molecule has 8 heteroatoms. The lowest BCUT2D eigenvalue weighted by atomic mass is 9.96. The van der Waals surface area contributed by atoms with Crippen molar-refractivity contribution >= 4 is 40.1 Å². The number of amides is 1. The number of halogens is 1. The molecule has 4 rings (SSSR count). The van der Waals surface area contributed by atoms with E-state index in [2.05, 4.69) is 10.3 Å². The average molecular weight is 462 g/mol. The number of aromatic nitrogens is 2. The molecule has 0 aliphatic carbocycles.